The van der Waals surface area contributed by atoms with Crippen LogP contribution in [0.3, 0.4) is 0 Å². The first-order valence-electron chi connectivity index (χ1n) is 18.6. The van der Waals surface area contributed by atoms with Crippen molar-refractivity contribution in [2.75, 3.05) is 48.1 Å². The van der Waals surface area contributed by atoms with E-state index >= 15 is 4.39 Å². The summed E-state index contributed by atoms with van der Waals surface area (Å²) in [5, 5.41) is 5.14. The second kappa shape index (κ2) is 18.0. The van der Waals surface area contributed by atoms with Gasteiger partial charge in [-0.15, -0.1) is 0 Å². The van der Waals surface area contributed by atoms with Gasteiger partial charge in [0.25, 0.3) is 0 Å². The van der Waals surface area contributed by atoms with Crippen LogP contribution in [-0.4, -0.2) is 144 Å². The van der Waals surface area contributed by atoms with E-state index in [4.69, 9.17) is 23.9 Å². The number of amides is 4. The van der Waals surface area contributed by atoms with Crippen LogP contribution in [0.25, 0.3) is 22.6 Å². The third-order valence-electron chi connectivity index (χ3n) is 10.6. The van der Waals surface area contributed by atoms with Crippen LogP contribution in [0.5, 0.6) is 0 Å². The predicted molar refractivity (Wildman–Crippen MR) is 204 cm³/mol. The van der Waals surface area contributed by atoms with Gasteiger partial charge in [0.05, 0.1) is 62.7 Å². The highest BCUT2D eigenvalue weighted by atomic mass is 19.1. The summed E-state index contributed by atoms with van der Waals surface area (Å²) in [6.07, 6.45) is 4.79. The summed E-state index contributed by atoms with van der Waals surface area (Å²) in [6.45, 7) is 4.58. The first-order chi connectivity index (χ1) is 27.5. The number of methoxy groups -OCH3 is 4. The average molecular weight is 791 g/mol. The molecule has 2 fully saturated rings. The van der Waals surface area contributed by atoms with Crippen LogP contribution >= 0.6 is 0 Å². The van der Waals surface area contributed by atoms with Crippen LogP contribution in [0.1, 0.15) is 57.0 Å². The number of aliphatic imine (C=N–C) groups is 2. The number of amidine groups is 1. The van der Waals surface area contributed by atoms with Gasteiger partial charge in [0, 0.05) is 56.4 Å². The zero-order valence-corrected chi connectivity index (χ0v) is 32.7. The molecule has 19 heteroatoms. The van der Waals surface area contributed by atoms with Crippen molar-refractivity contribution in [3.63, 3.8) is 0 Å². The largest absolute Gasteiger partial charge is 0.453 e. The molecule has 0 bridgehead atoms. The normalized spacial score (nSPS) is 20.0. The number of imidazole rings is 1. The van der Waals surface area contributed by atoms with Crippen molar-refractivity contribution in [2.24, 2.45) is 9.98 Å². The number of nitrogens with zero attached hydrogens (tertiary/aromatic N) is 7. The summed E-state index contributed by atoms with van der Waals surface area (Å²) < 4.78 is 35.8. The van der Waals surface area contributed by atoms with Gasteiger partial charge in [-0.25, -0.2) is 33.9 Å². The van der Waals surface area contributed by atoms with Crippen LogP contribution < -0.4 is 10.6 Å². The Bertz CT molecular complexity index is 2020. The molecule has 0 spiro atoms. The van der Waals surface area contributed by atoms with Crippen molar-refractivity contribution in [1.82, 2.24) is 40.4 Å². The van der Waals surface area contributed by atoms with Crippen LogP contribution in [0, 0.1) is 5.82 Å². The van der Waals surface area contributed by atoms with E-state index in [2.05, 4.69) is 35.6 Å². The Labute approximate surface area is 328 Å². The van der Waals surface area contributed by atoms with E-state index in [0.717, 1.165) is 12.8 Å². The van der Waals surface area contributed by atoms with Gasteiger partial charge in [-0.05, 0) is 51.7 Å². The van der Waals surface area contributed by atoms with Gasteiger partial charge in [-0.2, -0.15) is 0 Å². The Morgan fingerprint density at radius 2 is 1.39 bits per heavy atom. The van der Waals surface area contributed by atoms with E-state index in [0.29, 0.717) is 65.9 Å². The van der Waals surface area contributed by atoms with E-state index in [9.17, 15) is 19.2 Å². The van der Waals surface area contributed by atoms with Gasteiger partial charge in [0.15, 0.2) is 5.82 Å². The summed E-state index contributed by atoms with van der Waals surface area (Å²) in [6, 6.07) is 1.96. The first-order valence-corrected chi connectivity index (χ1v) is 18.6. The molecule has 0 saturated carbocycles. The van der Waals surface area contributed by atoms with Crippen molar-refractivity contribution in [3.05, 3.63) is 54.0 Å². The number of benzene rings is 1. The Balaban J connectivity index is 1.12. The van der Waals surface area contributed by atoms with Crippen LogP contribution in [0.4, 0.5) is 14.0 Å². The van der Waals surface area contributed by atoms with Crippen LogP contribution in [-0.2, 0) is 28.5 Å². The fourth-order valence-corrected chi connectivity index (χ4v) is 7.22. The van der Waals surface area contributed by atoms with E-state index in [1.165, 1.54) is 40.7 Å². The molecule has 6 rings (SSSR count). The predicted octanol–water partition coefficient (Wildman–Crippen LogP) is 3.05. The van der Waals surface area contributed by atoms with Crippen molar-refractivity contribution >= 4 is 35.5 Å². The zero-order valence-electron chi connectivity index (χ0n) is 32.7. The van der Waals surface area contributed by atoms with Gasteiger partial charge in [0.2, 0.25) is 11.8 Å². The molecule has 6 atom stereocenters. The number of carbonyl (C=O) groups is 4. The maximum Gasteiger partial charge on any atom is 0.407 e. The highest BCUT2D eigenvalue weighted by Gasteiger charge is 2.41. The monoisotopic (exact) mass is 790 g/mol. The zero-order chi connectivity index (χ0) is 40.8. The lowest BCUT2D eigenvalue weighted by molar-refractivity contribution is -0.138. The minimum Gasteiger partial charge on any atom is -0.453 e. The fourth-order valence-electron chi connectivity index (χ4n) is 7.22. The number of aromatic amines is 1. The molecule has 0 radical (unpaired) electrons. The van der Waals surface area contributed by atoms with Gasteiger partial charge in [-0.1, -0.05) is 6.07 Å². The van der Waals surface area contributed by atoms with Crippen molar-refractivity contribution < 1.29 is 42.5 Å². The maximum atomic E-state index is 15.7. The lowest BCUT2D eigenvalue weighted by Gasteiger charge is -2.30. The second-order valence-electron chi connectivity index (χ2n) is 13.9. The van der Waals surface area contributed by atoms with Gasteiger partial charge in [-0.3, -0.25) is 14.6 Å². The topological polar surface area (TPSA) is 215 Å². The highest BCUT2D eigenvalue weighted by molar-refractivity contribution is 6.14. The minimum atomic E-state index is -0.973. The SMILES string of the molecule is COC(=O)N[C@H](C(=O)N1CCC[C@@H]1C1=NCC(c2cnc(-c3ccc(-c4cnc([C@H]5CCCN5C(=O)[C@@H](NC(=O)OC)[C@@H](C)OC)[nH]4)c(F)c3)nc2)=N1)[C@@H](C)OC. The van der Waals surface area contributed by atoms with E-state index in [1.54, 1.807) is 48.2 Å². The molecule has 57 heavy (non-hydrogen) atoms. The summed E-state index contributed by atoms with van der Waals surface area (Å²) in [7, 11) is 5.37. The number of hydrogen-bond acceptors (Lipinski definition) is 13. The Morgan fingerprint density at radius 3 is 1.95 bits per heavy atom. The molecular weight excluding hydrogens is 743 g/mol. The number of hydrogen-bond donors (Lipinski definition) is 3. The number of halogens is 1. The molecule has 2 saturated heterocycles. The summed E-state index contributed by atoms with van der Waals surface area (Å²) in [4.78, 5) is 80.5. The summed E-state index contributed by atoms with van der Waals surface area (Å²) in [5.74, 6) is 0.133. The number of H-pyrrole nitrogens is 1. The average Bonchev–Trinajstić information content (AvgIpc) is 4.07. The second-order valence-corrected chi connectivity index (χ2v) is 13.9. The number of likely N-dealkylation sites (tertiary alicyclic amines) is 2. The van der Waals surface area contributed by atoms with Gasteiger partial charge >= 0.3 is 12.2 Å². The quantitative estimate of drug-likeness (QED) is 0.229. The van der Waals surface area contributed by atoms with E-state index in [-0.39, 0.29) is 30.0 Å². The molecule has 304 valence electrons. The lowest BCUT2D eigenvalue weighted by atomic mass is 10.1. The molecule has 0 aliphatic carbocycles. The number of alkyl carbamates (subject to hydrolysis) is 2. The molecule has 4 amide bonds. The molecule has 5 heterocycles. The first kappa shape index (κ1) is 40.8. The molecule has 0 unspecified atom stereocenters. The molecule has 1 aromatic carbocycles. The lowest BCUT2D eigenvalue weighted by Crippen LogP contribution is -2.56. The van der Waals surface area contributed by atoms with Gasteiger partial charge in [0.1, 0.15) is 29.6 Å². The highest BCUT2D eigenvalue weighted by Crippen LogP contribution is 2.34. The molecule has 3 aliphatic heterocycles. The van der Waals surface area contributed by atoms with Crippen molar-refractivity contribution in [3.8, 4) is 22.6 Å². The smallest absolute Gasteiger partial charge is 0.407 e. The third kappa shape index (κ3) is 8.78. The Morgan fingerprint density at radius 1 is 0.807 bits per heavy atom. The standard InChI is InChI=1S/C38H47FN10O8/c1-20(54-3)30(46-37(52)56-5)35(50)48-13-7-9-28(48)33-42-18-26(44-33)23-16-40-32(41-17-23)22-11-12-24(25(39)15-22)27-19-43-34(45-27)29-10-8-14-49(29)36(51)31(21(2)55-4)47-38(53)57-6/h11-12,15-17,19-21,28-31H,7-10,13-14,18H2,1-6H3,(H,43,45)(H,46,52)(H,47,53)/t20-,21-,28-,29-,30+,31+/m1/s1. The number of rotatable bonds is 13. The van der Waals surface area contributed by atoms with Crippen molar-refractivity contribution in [1.29, 1.82) is 0 Å². The number of ether oxygens (including phenoxy) is 4. The van der Waals surface area contributed by atoms with Crippen molar-refractivity contribution in [2.45, 2.75) is 75.9 Å². The Hall–Kier alpha value is -5.82. The summed E-state index contributed by atoms with van der Waals surface area (Å²) >= 11 is 0. The van der Waals surface area contributed by atoms with Gasteiger partial charge < -0.3 is 44.4 Å². The van der Waals surface area contributed by atoms with E-state index in [1.807, 2.05) is 0 Å². The maximum absolute atomic E-state index is 15.7. The van der Waals surface area contributed by atoms with Crippen LogP contribution in [0.15, 0.2) is 46.8 Å². The molecule has 2 aromatic heterocycles. The Kier molecular flexibility index (Phi) is 12.9. The minimum absolute atomic E-state index is 0.272. The molecule has 18 nitrogen and oxygen atoms in total. The number of aromatic nitrogens is 4. The molecule has 3 aromatic rings. The third-order valence-corrected chi connectivity index (χ3v) is 10.6. The molecule has 3 aliphatic rings. The number of nitrogens with one attached hydrogen (secondary N) is 3. The molecule has 3 N–H and O–H groups in total. The fraction of sp³-hybridized carbons (Fsp3) is 0.500. The molecular formula is C38H47FN10O8. The summed E-state index contributed by atoms with van der Waals surface area (Å²) in [5.41, 5.74) is 2.43. The van der Waals surface area contributed by atoms with E-state index < -0.39 is 48.3 Å². The van der Waals surface area contributed by atoms with Crippen LogP contribution in [0.2, 0.25) is 0 Å². The number of carbonyl (C=O) groups excluding carboxylic acids is 4.